The maximum Gasteiger partial charge on any atom is 0.234 e. The number of hydrogen-bond donors (Lipinski definition) is 2. The molecule has 2 aromatic carbocycles. The van der Waals surface area contributed by atoms with E-state index in [1.54, 1.807) is 18.2 Å². The van der Waals surface area contributed by atoms with Gasteiger partial charge in [-0.3, -0.25) is 9.59 Å². The average molecular weight is 438 g/mol. The van der Waals surface area contributed by atoms with Gasteiger partial charge in [-0.2, -0.15) is 0 Å². The Morgan fingerprint density at radius 1 is 1.14 bits per heavy atom. The second-order valence-electron chi connectivity index (χ2n) is 6.59. The van der Waals surface area contributed by atoms with Crippen molar-refractivity contribution in [1.29, 1.82) is 0 Å². The van der Waals surface area contributed by atoms with Crippen molar-refractivity contribution in [2.24, 2.45) is 11.7 Å². The first-order chi connectivity index (χ1) is 13.4. The fourth-order valence-electron chi connectivity index (χ4n) is 3.18. The molecule has 1 aliphatic rings. The van der Waals surface area contributed by atoms with E-state index >= 15 is 0 Å². The summed E-state index contributed by atoms with van der Waals surface area (Å²) >= 11 is 13.5. The Hall–Kier alpha value is -1.89. The zero-order valence-electron chi connectivity index (χ0n) is 15.2. The molecular formula is C20H21Cl2N3O2S. The summed E-state index contributed by atoms with van der Waals surface area (Å²) < 4.78 is 0. The van der Waals surface area contributed by atoms with Crippen LogP contribution in [0.4, 0.5) is 11.4 Å². The molecule has 0 spiro atoms. The van der Waals surface area contributed by atoms with Gasteiger partial charge in [0, 0.05) is 28.9 Å². The molecule has 1 saturated heterocycles. The lowest BCUT2D eigenvalue weighted by molar-refractivity contribution is -0.122. The minimum atomic E-state index is -0.238. The van der Waals surface area contributed by atoms with E-state index in [1.165, 1.54) is 11.8 Å². The molecule has 8 heteroatoms. The van der Waals surface area contributed by atoms with Gasteiger partial charge < -0.3 is 16.0 Å². The summed E-state index contributed by atoms with van der Waals surface area (Å²) in [5.41, 5.74) is 7.12. The van der Waals surface area contributed by atoms with Gasteiger partial charge in [-0.25, -0.2) is 0 Å². The van der Waals surface area contributed by atoms with Crippen LogP contribution in [0.25, 0.3) is 0 Å². The number of amides is 2. The first-order valence-corrected chi connectivity index (χ1v) is 10.7. The highest BCUT2D eigenvalue weighted by atomic mass is 35.5. The predicted octanol–water partition coefficient (Wildman–Crippen LogP) is 4.43. The van der Waals surface area contributed by atoms with Crippen LogP contribution in [-0.4, -0.2) is 30.7 Å². The number of nitrogens with zero attached hydrogens (tertiary/aromatic N) is 1. The number of anilines is 2. The van der Waals surface area contributed by atoms with Gasteiger partial charge >= 0.3 is 0 Å². The molecule has 1 fully saturated rings. The van der Waals surface area contributed by atoms with Crippen LogP contribution in [-0.2, 0) is 9.59 Å². The molecule has 3 rings (SSSR count). The van der Waals surface area contributed by atoms with Crippen molar-refractivity contribution < 1.29 is 9.59 Å². The highest BCUT2D eigenvalue weighted by Crippen LogP contribution is 2.32. The van der Waals surface area contributed by atoms with Crippen molar-refractivity contribution in [3.63, 3.8) is 0 Å². The summed E-state index contributed by atoms with van der Waals surface area (Å²) in [5.74, 6) is -0.215. The van der Waals surface area contributed by atoms with Crippen LogP contribution in [0.15, 0.2) is 47.4 Å². The molecule has 1 heterocycles. The van der Waals surface area contributed by atoms with Crippen molar-refractivity contribution >= 4 is 58.2 Å². The molecule has 0 unspecified atom stereocenters. The number of nitrogens with one attached hydrogen (secondary N) is 1. The molecule has 2 amide bonds. The zero-order chi connectivity index (χ0) is 20.1. The van der Waals surface area contributed by atoms with Crippen molar-refractivity contribution in [1.82, 2.24) is 0 Å². The Bertz CT molecular complexity index is 870. The van der Waals surface area contributed by atoms with E-state index in [4.69, 9.17) is 28.9 Å². The summed E-state index contributed by atoms with van der Waals surface area (Å²) in [6.45, 7) is 1.46. The quantitative estimate of drug-likeness (QED) is 0.655. The number of para-hydroxylation sites is 2. The maximum absolute atomic E-state index is 12.5. The minimum absolute atomic E-state index is 0.0724. The maximum atomic E-state index is 12.5. The van der Waals surface area contributed by atoms with Gasteiger partial charge in [-0.15, -0.1) is 11.8 Å². The Morgan fingerprint density at radius 2 is 1.86 bits per heavy atom. The molecule has 28 heavy (non-hydrogen) atoms. The molecular weight excluding hydrogens is 417 g/mol. The second kappa shape index (κ2) is 9.54. The van der Waals surface area contributed by atoms with Gasteiger partial charge in [0.05, 0.1) is 22.2 Å². The number of hydrogen-bond acceptors (Lipinski definition) is 4. The van der Waals surface area contributed by atoms with Crippen LogP contribution in [0.3, 0.4) is 0 Å². The molecule has 0 bridgehead atoms. The highest BCUT2D eigenvalue weighted by Gasteiger charge is 2.24. The second-order valence-corrected chi connectivity index (χ2v) is 8.45. The van der Waals surface area contributed by atoms with Gasteiger partial charge in [-0.1, -0.05) is 35.3 Å². The molecule has 0 atom stereocenters. The van der Waals surface area contributed by atoms with Crippen LogP contribution in [0.1, 0.15) is 12.8 Å². The number of primary amides is 1. The highest BCUT2D eigenvalue weighted by molar-refractivity contribution is 8.00. The number of piperidine rings is 1. The summed E-state index contributed by atoms with van der Waals surface area (Å²) in [5, 5.41) is 4.13. The molecule has 5 nitrogen and oxygen atoms in total. The lowest BCUT2D eigenvalue weighted by Crippen LogP contribution is -2.38. The first kappa shape index (κ1) is 20.8. The molecule has 0 saturated carbocycles. The normalized spacial score (nSPS) is 14.7. The third-order valence-electron chi connectivity index (χ3n) is 4.67. The van der Waals surface area contributed by atoms with Crippen molar-refractivity contribution in [3.05, 3.63) is 52.5 Å². The topological polar surface area (TPSA) is 75.4 Å². The molecule has 0 radical (unpaired) electrons. The number of carbonyl (C=O) groups is 2. The summed E-state index contributed by atoms with van der Waals surface area (Å²) in [4.78, 5) is 26.8. The van der Waals surface area contributed by atoms with E-state index in [0.29, 0.717) is 10.0 Å². The third kappa shape index (κ3) is 5.34. The number of carbonyl (C=O) groups excluding carboxylic acids is 2. The van der Waals surface area contributed by atoms with Crippen LogP contribution in [0.2, 0.25) is 10.0 Å². The standard InChI is InChI=1S/C20H21Cl2N3O2S/c21-14-5-6-15(22)18(11-14)28-12-19(26)24-16-3-1-2-4-17(16)25-9-7-13(8-10-25)20(23)27/h1-6,11,13H,7-10,12H2,(H2,23,27)(H,24,26). The van der Waals surface area contributed by atoms with Crippen LogP contribution in [0.5, 0.6) is 0 Å². The molecule has 3 N–H and O–H groups in total. The van der Waals surface area contributed by atoms with Crippen molar-refractivity contribution in [3.8, 4) is 0 Å². The van der Waals surface area contributed by atoms with Gasteiger partial charge in [0.15, 0.2) is 0 Å². The van der Waals surface area contributed by atoms with Crippen LogP contribution in [0, 0.1) is 5.92 Å². The summed E-state index contributed by atoms with van der Waals surface area (Å²) in [7, 11) is 0. The van der Waals surface area contributed by atoms with Crippen LogP contribution >= 0.6 is 35.0 Å². The third-order valence-corrected chi connectivity index (χ3v) is 6.40. The zero-order valence-corrected chi connectivity index (χ0v) is 17.5. The molecule has 1 aliphatic heterocycles. The monoisotopic (exact) mass is 437 g/mol. The number of benzene rings is 2. The fourth-order valence-corrected chi connectivity index (χ4v) is 4.47. The van der Waals surface area contributed by atoms with Gasteiger partial charge in [0.25, 0.3) is 0 Å². The van der Waals surface area contributed by atoms with E-state index < -0.39 is 0 Å². The van der Waals surface area contributed by atoms with Crippen molar-refractivity contribution in [2.75, 3.05) is 29.1 Å². The number of nitrogens with two attached hydrogens (primary N) is 1. The number of halogens is 2. The summed E-state index contributed by atoms with van der Waals surface area (Å²) in [6.07, 6.45) is 1.45. The Labute approximate surface area is 178 Å². The van der Waals surface area contributed by atoms with Gasteiger partial charge in [-0.05, 0) is 43.2 Å². The van der Waals surface area contributed by atoms with Gasteiger partial charge in [0.2, 0.25) is 11.8 Å². The lowest BCUT2D eigenvalue weighted by atomic mass is 9.96. The number of thioether (sulfide) groups is 1. The number of rotatable bonds is 6. The van der Waals surface area contributed by atoms with E-state index in [-0.39, 0.29) is 23.5 Å². The Balaban J connectivity index is 1.62. The lowest BCUT2D eigenvalue weighted by Gasteiger charge is -2.33. The minimum Gasteiger partial charge on any atom is -0.370 e. The Morgan fingerprint density at radius 3 is 2.57 bits per heavy atom. The Kier molecular flexibility index (Phi) is 7.10. The van der Waals surface area contributed by atoms with E-state index in [2.05, 4.69) is 10.2 Å². The molecule has 2 aromatic rings. The molecule has 0 aromatic heterocycles. The predicted molar refractivity (Wildman–Crippen MR) is 116 cm³/mol. The molecule has 0 aliphatic carbocycles. The SMILES string of the molecule is NC(=O)C1CCN(c2ccccc2NC(=O)CSc2cc(Cl)ccc2Cl)CC1. The van der Waals surface area contributed by atoms with Crippen LogP contribution < -0.4 is 16.0 Å². The van der Waals surface area contributed by atoms with E-state index in [9.17, 15) is 9.59 Å². The smallest absolute Gasteiger partial charge is 0.234 e. The van der Waals surface area contributed by atoms with Crippen molar-refractivity contribution in [2.45, 2.75) is 17.7 Å². The average Bonchev–Trinajstić information content (AvgIpc) is 2.69. The molecule has 148 valence electrons. The van der Waals surface area contributed by atoms with E-state index in [0.717, 1.165) is 42.2 Å². The first-order valence-electron chi connectivity index (χ1n) is 8.95. The van der Waals surface area contributed by atoms with E-state index in [1.807, 2.05) is 24.3 Å². The largest absolute Gasteiger partial charge is 0.370 e. The summed E-state index contributed by atoms with van der Waals surface area (Å²) in [6, 6.07) is 12.9. The van der Waals surface area contributed by atoms with Gasteiger partial charge in [0.1, 0.15) is 0 Å². The fraction of sp³-hybridized carbons (Fsp3) is 0.300.